The summed E-state index contributed by atoms with van der Waals surface area (Å²) >= 11 is 0. The maximum absolute atomic E-state index is 10.0. The zero-order chi connectivity index (χ0) is 32.1. The van der Waals surface area contributed by atoms with Crippen LogP contribution in [0, 0.1) is 0 Å². The van der Waals surface area contributed by atoms with Crippen molar-refractivity contribution in [1.82, 2.24) is 29.8 Å². The Morgan fingerprint density at radius 2 is 1.21 bits per heavy atom. The monoisotopic (exact) mass is 616 g/mol. The average molecular weight is 617 g/mol. The van der Waals surface area contributed by atoms with E-state index in [1.165, 1.54) is 0 Å². The highest BCUT2D eigenvalue weighted by Gasteiger charge is 2.41. The summed E-state index contributed by atoms with van der Waals surface area (Å²) in [5.41, 5.74) is 6.92. The molecular weight excluding hydrogens is 580 g/mol. The van der Waals surface area contributed by atoms with E-state index in [1.807, 2.05) is 72.8 Å². The van der Waals surface area contributed by atoms with E-state index < -0.39 is 5.54 Å². The Bertz CT molecular complexity index is 1950. The minimum Gasteiger partial charge on any atom is -0.390 e. The summed E-state index contributed by atoms with van der Waals surface area (Å²) in [5.74, 6) is 1.50. The molecule has 2 aromatic heterocycles. The summed E-state index contributed by atoms with van der Waals surface area (Å²) < 4.78 is 2.06. The number of rotatable bonds is 11. The summed E-state index contributed by atoms with van der Waals surface area (Å²) in [6.07, 6.45) is 4.75. The molecule has 47 heavy (non-hydrogen) atoms. The molecule has 7 heteroatoms. The number of tetrazole rings is 1. The summed E-state index contributed by atoms with van der Waals surface area (Å²) in [5, 5.41) is 24.6. The van der Waals surface area contributed by atoms with Gasteiger partial charge in [-0.2, -0.15) is 0 Å². The van der Waals surface area contributed by atoms with Crippen LogP contribution in [0.1, 0.15) is 48.0 Å². The van der Waals surface area contributed by atoms with Crippen molar-refractivity contribution in [2.75, 3.05) is 0 Å². The third kappa shape index (κ3) is 5.55. The maximum atomic E-state index is 10.0. The number of aromatic nitrogens is 6. The van der Waals surface area contributed by atoms with E-state index >= 15 is 0 Å². The van der Waals surface area contributed by atoms with Gasteiger partial charge < -0.3 is 5.11 Å². The van der Waals surface area contributed by atoms with Gasteiger partial charge in [-0.05, 0) is 51.6 Å². The first-order valence-corrected chi connectivity index (χ1v) is 16.1. The Morgan fingerprint density at radius 3 is 1.77 bits per heavy atom. The quantitative estimate of drug-likeness (QED) is 0.150. The molecule has 0 fully saturated rings. The van der Waals surface area contributed by atoms with Gasteiger partial charge in [0.15, 0.2) is 5.54 Å². The molecular formula is C40H36N6O. The normalized spacial score (nSPS) is 11.5. The van der Waals surface area contributed by atoms with Gasteiger partial charge in [-0.1, -0.05) is 141 Å². The number of aryl methyl sites for hydroxylation is 1. The first kappa shape index (κ1) is 30.0. The third-order valence-corrected chi connectivity index (χ3v) is 8.72. The summed E-state index contributed by atoms with van der Waals surface area (Å²) in [4.78, 5) is 6.36. The molecule has 0 aliphatic carbocycles. The Labute approximate surface area is 274 Å². The number of unbranched alkanes of at least 4 members (excludes halogenated alkanes) is 1. The van der Waals surface area contributed by atoms with Gasteiger partial charge in [-0.15, -0.1) is 15.0 Å². The van der Waals surface area contributed by atoms with Crippen molar-refractivity contribution in [2.45, 2.75) is 38.3 Å². The lowest BCUT2D eigenvalue weighted by Crippen LogP contribution is -2.39. The molecule has 0 unspecified atom stereocenters. The second kappa shape index (κ2) is 13.4. The van der Waals surface area contributed by atoms with Crippen molar-refractivity contribution in [3.05, 3.63) is 174 Å². The van der Waals surface area contributed by atoms with Crippen LogP contribution in [0.3, 0.4) is 0 Å². The molecule has 7 nitrogen and oxygen atoms in total. The average Bonchev–Trinajstić information content (AvgIpc) is 3.81. The summed E-state index contributed by atoms with van der Waals surface area (Å²) in [7, 11) is 0. The SMILES string of the molecule is CCCCc1ncc(CO)n1-c1ccc(-c2ccccc2-c2nnn(C(c3ccccc3)(c3ccccc3)c3ccccc3)n2)cc1. The topological polar surface area (TPSA) is 81.7 Å². The maximum Gasteiger partial charge on any atom is 0.205 e. The van der Waals surface area contributed by atoms with E-state index in [9.17, 15) is 5.11 Å². The fourth-order valence-electron chi connectivity index (χ4n) is 6.44. The van der Waals surface area contributed by atoms with E-state index in [4.69, 9.17) is 15.4 Å². The predicted octanol–water partition coefficient (Wildman–Crippen LogP) is 7.87. The Morgan fingerprint density at radius 1 is 0.660 bits per heavy atom. The number of imidazole rings is 1. The van der Waals surface area contributed by atoms with Crippen LogP contribution in [0.5, 0.6) is 0 Å². The van der Waals surface area contributed by atoms with E-state index in [1.54, 1.807) is 11.0 Å². The Kier molecular flexibility index (Phi) is 8.54. The molecule has 1 N–H and O–H groups in total. The highest BCUT2D eigenvalue weighted by molar-refractivity contribution is 5.80. The van der Waals surface area contributed by atoms with Gasteiger partial charge in [0.1, 0.15) is 5.82 Å². The number of nitrogens with zero attached hydrogens (tertiary/aromatic N) is 6. The fraction of sp³-hybridized carbons (Fsp3) is 0.150. The highest BCUT2D eigenvalue weighted by Crippen LogP contribution is 2.40. The molecule has 0 amide bonds. The number of benzene rings is 5. The van der Waals surface area contributed by atoms with E-state index in [0.29, 0.717) is 5.82 Å². The van der Waals surface area contributed by atoms with Gasteiger partial charge in [-0.25, -0.2) is 4.98 Å². The van der Waals surface area contributed by atoms with E-state index in [0.717, 1.165) is 69.8 Å². The molecule has 2 heterocycles. The Hall–Kier alpha value is -5.66. The van der Waals surface area contributed by atoms with E-state index in [-0.39, 0.29) is 6.61 Å². The van der Waals surface area contributed by atoms with Crippen molar-refractivity contribution >= 4 is 0 Å². The minimum atomic E-state index is -0.851. The van der Waals surface area contributed by atoms with Crippen molar-refractivity contribution < 1.29 is 5.11 Å². The molecule has 0 aliphatic rings. The van der Waals surface area contributed by atoms with Crippen LogP contribution in [0.15, 0.2) is 146 Å². The standard InChI is InChI=1S/C40H36N6O/c1-2-3-23-38-41-28-35(29-47)45(38)34-26-24-30(25-27-34)36-21-13-14-22-37(36)39-42-44-46(43-39)40(31-15-7-4-8-16-31,32-17-9-5-10-18-32)33-19-11-6-12-20-33/h4-22,24-28,47H,2-3,23,29H2,1H3. The van der Waals surface area contributed by atoms with E-state index in [2.05, 4.69) is 83.2 Å². The lowest BCUT2D eigenvalue weighted by molar-refractivity contribution is 0.274. The smallest absolute Gasteiger partial charge is 0.205 e. The number of aliphatic hydroxyl groups is 1. The van der Waals surface area contributed by atoms with Crippen LogP contribution < -0.4 is 0 Å². The molecule has 5 aromatic carbocycles. The van der Waals surface area contributed by atoms with Gasteiger partial charge >= 0.3 is 0 Å². The first-order valence-electron chi connectivity index (χ1n) is 16.1. The number of hydrogen-bond acceptors (Lipinski definition) is 5. The molecule has 0 spiro atoms. The minimum absolute atomic E-state index is 0.0680. The molecule has 7 rings (SSSR count). The molecule has 7 aromatic rings. The predicted molar refractivity (Wildman–Crippen MR) is 185 cm³/mol. The fourth-order valence-corrected chi connectivity index (χ4v) is 6.44. The summed E-state index contributed by atoms with van der Waals surface area (Å²) in [6.45, 7) is 2.10. The molecule has 0 saturated heterocycles. The second-order valence-corrected chi connectivity index (χ2v) is 11.6. The van der Waals surface area contributed by atoms with Crippen molar-refractivity contribution in [2.24, 2.45) is 0 Å². The van der Waals surface area contributed by atoms with Crippen LogP contribution in [-0.4, -0.2) is 34.9 Å². The van der Waals surface area contributed by atoms with Crippen molar-refractivity contribution in [3.63, 3.8) is 0 Å². The zero-order valence-corrected chi connectivity index (χ0v) is 26.3. The highest BCUT2D eigenvalue weighted by atomic mass is 16.3. The van der Waals surface area contributed by atoms with Crippen LogP contribution in [0.2, 0.25) is 0 Å². The number of hydrogen-bond donors (Lipinski definition) is 1. The van der Waals surface area contributed by atoms with Gasteiger partial charge in [0.2, 0.25) is 5.82 Å². The molecule has 0 atom stereocenters. The van der Waals surface area contributed by atoms with Crippen LogP contribution in [-0.2, 0) is 18.6 Å². The lowest BCUT2D eigenvalue weighted by Gasteiger charge is -2.34. The molecule has 0 saturated carbocycles. The van der Waals surface area contributed by atoms with Crippen LogP contribution in [0.25, 0.3) is 28.2 Å². The summed E-state index contributed by atoms with van der Waals surface area (Å²) in [6, 6.07) is 47.6. The first-order chi connectivity index (χ1) is 23.2. The zero-order valence-electron chi connectivity index (χ0n) is 26.3. The van der Waals surface area contributed by atoms with Crippen molar-refractivity contribution in [1.29, 1.82) is 0 Å². The van der Waals surface area contributed by atoms with Gasteiger partial charge in [0.05, 0.1) is 18.5 Å². The molecule has 0 bridgehead atoms. The largest absolute Gasteiger partial charge is 0.390 e. The van der Waals surface area contributed by atoms with Gasteiger partial charge in [0.25, 0.3) is 0 Å². The lowest BCUT2D eigenvalue weighted by atomic mass is 9.77. The van der Waals surface area contributed by atoms with Crippen molar-refractivity contribution in [3.8, 4) is 28.2 Å². The van der Waals surface area contributed by atoms with Crippen LogP contribution >= 0.6 is 0 Å². The third-order valence-electron chi connectivity index (χ3n) is 8.72. The van der Waals surface area contributed by atoms with Gasteiger partial charge in [-0.3, -0.25) is 4.57 Å². The molecule has 0 aliphatic heterocycles. The van der Waals surface area contributed by atoms with Gasteiger partial charge in [0, 0.05) is 17.7 Å². The van der Waals surface area contributed by atoms with Crippen LogP contribution in [0.4, 0.5) is 0 Å². The Balaban J connectivity index is 1.33. The molecule has 0 radical (unpaired) electrons. The number of aliphatic hydroxyl groups excluding tert-OH is 1. The molecule has 232 valence electrons. The second-order valence-electron chi connectivity index (χ2n) is 11.6.